The standard InChI is InChI=1S/C15H23NO4/c1-11(16-15(18)6-4-5-9-17)13-8-7-12(19-2)10-14(13)20-3/h7-8,10-11,17H,4-6,9H2,1-3H3,(H,16,18). The van der Waals surface area contributed by atoms with Gasteiger partial charge >= 0.3 is 0 Å². The third kappa shape index (κ3) is 4.74. The Balaban J connectivity index is 2.66. The summed E-state index contributed by atoms with van der Waals surface area (Å²) < 4.78 is 10.5. The van der Waals surface area contributed by atoms with Gasteiger partial charge in [-0.3, -0.25) is 4.79 Å². The summed E-state index contributed by atoms with van der Waals surface area (Å²) in [5.74, 6) is 1.38. The number of benzene rings is 1. The van der Waals surface area contributed by atoms with E-state index in [1.807, 2.05) is 19.1 Å². The molecule has 112 valence electrons. The molecule has 0 radical (unpaired) electrons. The Morgan fingerprint density at radius 1 is 1.30 bits per heavy atom. The van der Waals surface area contributed by atoms with Gasteiger partial charge in [0.1, 0.15) is 11.5 Å². The third-order valence-electron chi connectivity index (χ3n) is 3.10. The highest BCUT2D eigenvalue weighted by molar-refractivity contribution is 5.76. The van der Waals surface area contributed by atoms with Crippen molar-refractivity contribution in [2.75, 3.05) is 20.8 Å². The molecule has 0 bridgehead atoms. The van der Waals surface area contributed by atoms with Crippen molar-refractivity contribution in [3.8, 4) is 11.5 Å². The van der Waals surface area contributed by atoms with Crippen LogP contribution in [0.3, 0.4) is 0 Å². The van der Waals surface area contributed by atoms with Crippen LogP contribution >= 0.6 is 0 Å². The molecular formula is C15H23NO4. The van der Waals surface area contributed by atoms with E-state index in [-0.39, 0.29) is 18.6 Å². The maximum Gasteiger partial charge on any atom is 0.220 e. The van der Waals surface area contributed by atoms with Crippen molar-refractivity contribution in [1.82, 2.24) is 5.32 Å². The van der Waals surface area contributed by atoms with E-state index in [0.717, 1.165) is 5.56 Å². The van der Waals surface area contributed by atoms with Crippen LogP contribution in [0.4, 0.5) is 0 Å². The topological polar surface area (TPSA) is 67.8 Å². The summed E-state index contributed by atoms with van der Waals surface area (Å²) in [6.07, 6.45) is 1.76. The fraction of sp³-hybridized carbons (Fsp3) is 0.533. The number of hydrogen-bond acceptors (Lipinski definition) is 4. The summed E-state index contributed by atoms with van der Waals surface area (Å²) in [6, 6.07) is 5.38. The van der Waals surface area contributed by atoms with Gasteiger partial charge in [-0.25, -0.2) is 0 Å². The molecule has 1 aromatic rings. The Morgan fingerprint density at radius 2 is 2.05 bits per heavy atom. The number of aliphatic hydroxyl groups is 1. The largest absolute Gasteiger partial charge is 0.497 e. The number of amides is 1. The number of carbonyl (C=O) groups is 1. The summed E-state index contributed by atoms with van der Waals surface area (Å²) in [4.78, 5) is 11.8. The van der Waals surface area contributed by atoms with E-state index in [4.69, 9.17) is 14.6 Å². The van der Waals surface area contributed by atoms with Crippen LogP contribution < -0.4 is 14.8 Å². The average Bonchev–Trinajstić information content (AvgIpc) is 2.46. The lowest BCUT2D eigenvalue weighted by Gasteiger charge is -2.18. The Kier molecular flexibility index (Phi) is 6.87. The molecule has 0 aliphatic carbocycles. The van der Waals surface area contributed by atoms with Crippen LogP contribution in [0.2, 0.25) is 0 Å². The summed E-state index contributed by atoms with van der Waals surface area (Å²) in [5, 5.41) is 11.6. The highest BCUT2D eigenvalue weighted by atomic mass is 16.5. The number of ether oxygens (including phenoxy) is 2. The first-order chi connectivity index (χ1) is 9.62. The van der Waals surface area contributed by atoms with Crippen LogP contribution in [-0.2, 0) is 4.79 Å². The minimum absolute atomic E-state index is 0.0242. The van der Waals surface area contributed by atoms with Crippen molar-refractivity contribution in [3.63, 3.8) is 0 Å². The van der Waals surface area contributed by atoms with Crippen LogP contribution in [-0.4, -0.2) is 31.8 Å². The van der Waals surface area contributed by atoms with E-state index >= 15 is 0 Å². The van der Waals surface area contributed by atoms with Gasteiger partial charge in [0, 0.05) is 24.7 Å². The number of aliphatic hydroxyl groups excluding tert-OH is 1. The lowest BCUT2D eigenvalue weighted by Crippen LogP contribution is -2.26. The van der Waals surface area contributed by atoms with Crippen molar-refractivity contribution in [2.45, 2.75) is 32.2 Å². The molecule has 1 amide bonds. The molecule has 0 aliphatic heterocycles. The molecule has 0 fully saturated rings. The molecule has 0 heterocycles. The van der Waals surface area contributed by atoms with Gasteiger partial charge in [-0.1, -0.05) is 0 Å². The minimum atomic E-state index is -0.141. The number of rotatable bonds is 8. The second-order valence-electron chi connectivity index (χ2n) is 4.58. The molecule has 5 nitrogen and oxygen atoms in total. The van der Waals surface area contributed by atoms with Crippen molar-refractivity contribution in [2.24, 2.45) is 0 Å². The van der Waals surface area contributed by atoms with Crippen LogP contribution in [0, 0.1) is 0 Å². The quantitative estimate of drug-likeness (QED) is 0.716. The van der Waals surface area contributed by atoms with Crippen LogP contribution in [0.5, 0.6) is 11.5 Å². The first-order valence-corrected chi connectivity index (χ1v) is 6.74. The monoisotopic (exact) mass is 281 g/mol. The molecule has 0 saturated carbocycles. The fourth-order valence-electron chi connectivity index (χ4n) is 1.96. The summed E-state index contributed by atoms with van der Waals surface area (Å²) in [7, 11) is 3.19. The zero-order valence-electron chi connectivity index (χ0n) is 12.3. The second kappa shape index (κ2) is 8.43. The highest BCUT2D eigenvalue weighted by Crippen LogP contribution is 2.29. The predicted molar refractivity (Wildman–Crippen MR) is 77.0 cm³/mol. The van der Waals surface area contributed by atoms with Gasteiger partial charge in [0.15, 0.2) is 0 Å². The number of unbranched alkanes of at least 4 members (excludes halogenated alkanes) is 1. The fourth-order valence-corrected chi connectivity index (χ4v) is 1.96. The van der Waals surface area contributed by atoms with E-state index in [9.17, 15) is 4.79 Å². The van der Waals surface area contributed by atoms with E-state index in [1.54, 1.807) is 20.3 Å². The molecule has 2 N–H and O–H groups in total. The normalized spacial score (nSPS) is 11.8. The molecule has 1 rings (SSSR count). The molecular weight excluding hydrogens is 258 g/mol. The van der Waals surface area contributed by atoms with Crippen molar-refractivity contribution in [3.05, 3.63) is 23.8 Å². The number of hydrogen-bond donors (Lipinski definition) is 2. The van der Waals surface area contributed by atoms with Crippen molar-refractivity contribution in [1.29, 1.82) is 0 Å². The summed E-state index contributed by atoms with van der Waals surface area (Å²) >= 11 is 0. The van der Waals surface area contributed by atoms with Gasteiger partial charge in [-0.15, -0.1) is 0 Å². The molecule has 20 heavy (non-hydrogen) atoms. The average molecular weight is 281 g/mol. The summed E-state index contributed by atoms with van der Waals surface area (Å²) in [6.45, 7) is 2.03. The van der Waals surface area contributed by atoms with E-state index in [2.05, 4.69) is 5.32 Å². The Bertz CT molecular complexity index is 434. The second-order valence-corrected chi connectivity index (χ2v) is 4.58. The van der Waals surface area contributed by atoms with E-state index in [0.29, 0.717) is 30.8 Å². The molecule has 1 atom stereocenters. The molecule has 0 aromatic heterocycles. The van der Waals surface area contributed by atoms with Crippen LogP contribution in [0.25, 0.3) is 0 Å². The van der Waals surface area contributed by atoms with Crippen LogP contribution in [0.15, 0.2) is 18.2 Å². The van der Waals surface area contributed by atoms with Gasteiger partial charge in [-0.05, 0) is 31.9 Å². The van der Waals surface area contributed by atoms with Crippen molar-refractivity contribution < 1.29 is 19.4 Å². The molecule has 5 heteroatoms. The SMILES string of the molecule is COc1ccc(C(C)NC(=O)CCCCO)c(OC)c1. The Labute approximate surface area is 119 Å². The third-order valence-corrected chi connectivity index (χ3v) is 3.10. The Morgan fingerprint density at radius 3 is 2.65 bits per heavy atom. The summed E-state index contributed by atoms with van der Waals surface area (Å²) in [5.41, 5.74) is 0.906. The van der Waals surface area contributed by atoms with Gasteiger partial charge in [0.05, 0.1) is 20.3 Å². The zero-order valence-corrected chi connectivity index (χ0v) is 12.3. The minimum Gasteiger partial charge on any atom is -0.497 e. The van der Waals surface area contributed by atoms with Gasteiger partial charge in [0.25, 0.3) is 0 Å². The maximum atomic E-state index is 11.8. The first kappa shape index (κ1) is 16.3. The molecule has 1 aromatic carbocycles. The van der Waals surface area contributed by atoms with Crippen molar-refractivity contribution >= 4 is 5.91 Å². The molecule has 0 spiro atoms. The number of methoxy groups -OCH3 is 2. The number of carbonyl (C=O) groups excluding carboxylic acids is 1. The predicted octanol–water partition coefficient (Wildman–Crippen LogP) is 2.04. The number of nitrogens with one attached hydrogen (secondary N) is 1. The lowest BCUT2D eigenvalue weighted by atomic mass is 10.1. The van der Waals surface area contributed by atoms with Gasteiger partial charge in [0.2, 0.25) is 5.91 Å². The molecule has 0 aliphatic rings. The lowest BCUT2D eigenvalue weighted by molar-refractivity contribution is -0.121. The maximum absolute atomic E-state index is 11.8. The van der Waals surface area contributed by atoms with Gasteiger partial charge < -0.3 is 19.9 Å². The molecule has 0 saturated heterocycles. The van der Waals surface area contributed by atoms with E-state index < -0.39 is 0 Å². The molecule has 1 unspecified atom stereocenters. The van der Waals surface area contributed by atoms with E-state index in [1.165, 1.54) is 0 Å². The smallest absolute Gasteiger partial charge is 0.220 e. The Hall–Kier alpha value is -1.75. The zero-order chi connectivity index (χ0) is 15.0. The van der Waals surface area contributed by atoms with Crippen LogP contribution in [0.1, 0.15) is 37.8 Å². The van der Waals surface area contributed by atoms with Gasteiger partial charge in [-0.2, -0.15) is 0 Å². The first-order valence-electron chi connectivity index (χ1n) is 6.74. The highest BCUT2D eigenvalue weighted by Gasteiger charge is 2.14.